The lowest BCUT2D eigenvalue weighted by molar-refractivity contribution is 0.0708. The normalized spacial score (nSPS) is 18.4. The maximum absolute atomic E-state index is 12.5. The molecule has 7 nitrogen and oxygen atoms in total. The van der Waals surface area contributed by atoms with Gasteiger partial charge in [0.1, 0.15) is 0 Å². The van der Waals surface area contributed by atoms with E-state index in [0.717, 1.165) is 12.8 Å². The summed E-state index contributed by atoms with van der Waals surface area (Å²) in [7, 11) is 0. The second-order valence-electron chi connectivity index (χ2n) is 5.33. The van der Waals surface area contributed by atoms with Gasteiger partial charge in [0.05, 0.1) is 10.4 Å². The highest BCUT2D eigenvalue weighted by molar-refractivity contribution is 7.12. The van der Waals surface area contributed by atoms with Gasteiger partial charge in [-0.2, -0.15) is 4.98 Å². The lowest BCUT2D eigenvalue weighted by Crippen LogP contribution is -2.39. The number of piperidine rings is 1. The Balaban J connectivity index is 1.73. The fourth-order valence-corrected chi connectivity index (χ4v) is 3.45. The van der Waals surface area contributed by atoms with E-state index in [1.54, 1.807) is 23.3 Å². The molecule has 0 radical (unpaired) electrons. The number of nitrogens with zero attached hydrogens (tertiary/aromatic N) is 3. The van der Waals surface area contributed by atoms with E-state index in [1.807, 2.05) is 0 Å². The minimum atomic E-state index is -0.519. The number of aryl methyl sites for hydroxylation is 1. The SMILES string of the molecule is Cc1nc(C2CCCN(C(=O)c3cc(C(N)=O)cs3)C2)no1. The molecule has 8 heteroatoms. The number of carbonyl (C=O) groups excluding carboxylic acids is 2. The van der Waals surface area contributed by atoms with E-state index < -0.39 is 5.91 Å². The molecule has 0 bridgehead atoms. The first-order chi connectivity index (χ1) is 10.5. The van der Waals surface area contributed by atoms with Gasteiger partial charge in [-0.05, 0) is 18.9 Å². The Morgan fingerprint density at radius 1 is 1.50 bits per heavy atom. The molecule has 116 valence electrons. The van der Waals surface area contributed by atoms with Crippen molar-refractivity contribution in [1.29, 1.82) is 0 Å². The topological polar surface area (TPSA) is 102 Å². The second kappa shape index (κ2) is 5.88. The summed E-state index contributed by atoms with van der Waals surface area (Å²) in [6.07, 6.45) is 1.82. The average molecular weight is 320 g/mol. The third-order valence-corrected chi connectivity index (χ3v) is 4.63. The van der Waals surface area contributed by atoms with E-state index in [4.69, 9.17) is 10.3 Å². The number of thiophene rings is 1. The first-order valence-electron chi connectivity index (χ1n) is 7.02. The maximum atomic E-state index is 12.5. The van der Waals surface area contributed by atoms with Crippen molar-refractivity contribution in [3.63, 3.8) is 0 Å². The lowest BCUT2D eigenvalue weighted by atomic mass is 9.97. The van der Waals surface area contributed by atoms with E-state index in [9.17, 15) is 9.59 Å². The number of hydrogen-bond acceptors (Lipinski definition) is 6. The molecule has 3 rings (SSSR count). The van der Waals surface area contributed by atoms with Gasteiger partial charge in [0.25, 0.3) is 5.91 Å². The molecule has 0 saturated carbocycles. The lowest BCUT2D eigenvalue weighted by Gasteiger charge is -2.30. The molecule has 0 spiro atoms. The number of amides is 2. The Hall–Kier alpha value is -2.22. The number of primary amides is 1. The van der Waals surface area contributed by atoms with Crippen molar-refractivity contribution < 1.29 is 14.1 Å². The summed E-state index contributed by atoms with van der Waals surface area (Å²) < 4.78 is 5.01. The molecule has 2 N–H and O–H groups in total. The predicted octanol–water partition coefficient (Wildman–Crippen LogP) is 1.56. The number of likely N-dealkylation sites (tertiary alicyclic amines) is 1. The van der Waals surface area contributed by atoms with Crippen LogP contribution in [0, 0.1) is 6.92 Å². The summed E-state index contributed by atoms with van der Waals surface area (Å²) in [5, 5.41) is 5.56. The molecule has 2 aromatic rings. The Bertz CT molecular complexity index is 709. The Morgan fingerprint density at radius 3 is 2.95 bits per heavy atom. The minimum absolute atomic E-state index is 0.0811. The standard InChI is InChI=1S/C14H16N4O3S/c1-8-16-13(17-21-8)9-3-2-4-18(6-9)14(20)11-5-10(7-22-11)12(15)19/h5,7,9H,2-4,6H2,1H3,(H2,15,19). The van der Waals surface area contributed by atoms with Crippen molar-refractivity contribution in [3.05, 3.63) is 33.6 Å². The van der Waals surface area contributed by atoms with Crippen LogP contribution in [0.4, 0.5) is 0 Å². The quantitative estimate of drug-likeness (QED) is 0.924. The van der Waals surface area contributed by atoms with Crippen molar-refractivity contribution in [1.82, 2.24) is 15.0 Å². The smallest absolute Gasteiger partial charge is 0.263 e. The van der Waals surface area contributed by atoms with Gasteiger partial charge in [-0.15, -0.1) is 11.3 Å². The summed E-state index contributed by atoms with van der Waals surface area (Å²) in [4.78, 5) is 30.2. The summed E-state index contributed by atoms with van der Waals surface area (Å²) in [5.74, 6) is 0.670. The highest BCUT2D eigenvalue weighted by Crippen LogP contribution is 2.27. The molecule has 1 atom stereocenters. The molecular formula is C14H16N4O3S. The van der Waals surface area contributed by atoms with Crippen molar-refractivity contribution in [3.8, 4) is 0 Å². The summed E-state index contributed by atoms with van der Waals surface area (Å²) in [5.41, 5.74) is 5.59. The highest BCUT2D eigenvalue weighted by atomic mass is 32.1. The van der Waals surface area contributed by atoms with Gasteiger partial charge in [-0.25, -0.2) is 0 Å². The van der Waals surface area contributed by atoms with Gasteiger partial charge in [-0.3, -0.25) is 9.59 Å². The zero-order valence-corrected chi connectivity index (χ0v) is 12.9. The molecule has 2 amide bonds. The number of aromatic nitrogens is 2. The van der Waals surface area contributed by atoms with Gasteiger partial charge in [0.15, 0.2) is 5.82 Å². The Kier molecular flexibility index (Phi) is 3.93. The number of nitrogens with two attached hydrogens (primary N) is 1. The maximum Gasteiger partial charge on any atom is 0.263 e. The molecular weight excluding hydrogens is 304 g/mol. The van der Waals surface area contributed by atoms with Crippen LogP contribution in [-0.2, 0) is 0 Å². The zero-order valence-electron chi connectivity index (χ0n) is 12.1. The minimum Gasteiger partial charge on any atom is -0.366 e. The first-order valence-corrected chi connectivity index (χ1v) is 7.90. The van der Waals surface area contributed by atoms with Crippen molar-refractivity contribution in [2.45, 2.75) is 25.7 Å². The molecule has 1 unspecified atom stereocenters. The van der Waals surface area contributed by atoms with Crippen LogP contribution in [0.25, 0.3) is 0 Å². The number of rotatable bonds is 3. The van der Waals surface area contributed by atoms with Crippen molar-refractivity contribution >= 4 is 23.2 Å². The van der Waals surface area contributed by atoms with E-state index in [2.05, 4.69) is 10.1 Å². The van der Waals surface area contributed by atoms with E-state index >= 15 is 0 Å². The molecule has 1 fully saturated rings. The van der Waals surface area contributed by atoms with Crippen LogP contribution in [0.1, 0.15) is 50.5 Å². The van der Waals surface area contributed by atoms with Crippen LogP contribution in [0.15, 0.2) is 16.0 Å². The Morgan fingerprint density at radius 2 is 2.32 bits per heavy atom. The monoisotopic (exact) mass is 320 g/mol. The molecule has 1 aliphatic heterocycles. The predicted molar refractivity (Wildman–Crippen MR) is 79.8 cm³/mol. The van der Waals surface area contributed by atoms with Gasteiger partial charge in [-0.1, -0.05) is 5.16 Å². The van der Waals surface area contributed by atoms with E-state index in [1.165, 1.54) is 11.3 Å². The largest absolute Gasteiger partial charge is 0.366 e. The number of hydrogen-bond donors (Lipinski definition) is 1. The van der Waals surface area contributed by atoms with Gasteiger partial charge in [0, 0.05) is 31.3 Å². The van der Waals surface area contributed by atoms with Crippen molar-refractivity contribution in [2.24, 2.45) is 5.73 Å². The van der Waals surface area contributed by atoms with Crippen LogP contribution in [-0.4, -0.2) is 39.9 Å². The third-order valence-electron chi connectivity index (χ3n) is 3.71. The number of carbonyl (C=O) groups is 2. The van der Waals surface area contributed by atoms with Crippen LogP contribution in [0.5, 0.6) is 0 Å². The fourth-order valence-electron chi connectivity index (χ4n) is 2.59. The van der Waals surface area contributed by atoms with E-state index in [-0.39, 0.29) is 11.8 Å². The second-order valence-corrected chi connectivity index (χ2v) is 6.24. The van der Waals surface area contributed by atoms with Gasteiger partial charge in [0.2, 0.25) is 11.8 Å². The molecule has 0 aromatic carbocycles. The zero-order chi connectivity index (χ0) is 15.7. The molecule has 2 aromatic heterocycles. The average Bonchev–Trinajstić information content (AvgIpc) is 3.15. The van der Waals surface area contributed by atoms with Gasteiger partial charge >= 0.3 is 0 Å². The molecule has 22 heavy (non-hydrogen) atoms. The van der Waals surface area contributed by atoms with Gasteiger partial charge < -0.3 is 15.2 Å². The first kappa shape index (κ1) is 14.7. The van der Waals surface area contributed by atoms with Crippen molar-refractivity contribution in [2.75, 3.05) is 13.1 Å². The van der Waals surface area contributed by atoms with Crippen LogP contribution >= 0.6 is 11.3 Å². The molecule has 1 saturated heterocycles. The molecule has 1 aliphatic rings. The van der Waals surface area contributed by atoms with E-state index in [0.29, 0.717) is 35.2 Å². The summed E-state index contributed by atoms with van der Waals surface area (Å²) in [6.45, 7) is 3.00. The van der Waals surface area contributed by atoms with Crippen LogP contribution < -0.4 is 5.73 Å². The van der Waals surface area contributed by atoms with Crippen LogP contribution in [0.2, 0.25) is 0 Å². The summed E-state index contributed by atoms with van der Waals surface area (Å²) in [6, 6.07) is 1.55. The molecule has 3 heterocycles. The summed E-state index contributed by atoms with van der Waals surface area (Å²) >= 11 is 1.24. The molecule has 0 aliphatic carbocycles. The third kappa shape index (κ3) is 2.87. The Labute approximate surface area is 131 Å². The van der Waals surface area contributed by atoms with Crippen LogP contribution in [0.3, 0.4) is 0 Å². The highest BCUT2D eigenvalue weighted by Gasteiger charge is 2.29. The fraction of sp³-hybridized carbons (Fsp3) is 0.429.